The molecule has 0 unspecified atom stereocenters. The van der Waals surface area contributed by atoms with E-state index in [0.29, 0.717) is 31.4 Å². The number of hydrogen-bond acceptors (Lipinski definition) is 4. The molecule has 5 nitrogen and oxygen atoms in total. The minimum atomic E-state index is -0.981. The van der Waals surface area contributed by atoms with Crippen molar-refractivity contribution >= 4 is 5.97 Å². The summed E-state index contributed by atoms with van der Waals surface area (Å²) in [5.41, 5.74) is 0.638. The molecule has 16 heavy (non-hydrogen) atoms. The summed E-state index contributed by atoms with van der Waals surface area (Å²) in [6, 6.07) is 3.03. The number of aromatic nitrogens is 1. The molecule has 0 radical (unpaired) electrons. The Hall–Kier alpha value is -1.62. The Labute approximate surface area is 94.0 Å². The molecule has 0 aromatic carbocycles. The van der Waals surface area contributed by atoms with Gasteiger partial charge in [0.15, 0.2) is 0 Å². The Balaban J connectivity index is 2.56. The summed E-state index contributed by atoms with van der Waals surface area (Å²) in [4.78, 5) is 14.8. The predicted octanol–water partition coefficient (Wildman–Crippen LogP) is 1.50. The summed E-state index contributed by atoms with van der Waals surface area (Å²) < 4.78 is 10.4. The van der Waals surface area contributed by atoms with Gasteiger partial charge in [0.25, 0.3) is 0 Å². The van der Waals surface area contributed by atoms with E-state index >= 15 is 0 Å². The SMILES string of the molecule is CCOCCOc1ccc(C(=O)O)c(C)n1. The lowest BCUT2D eigenvalue weighted by molar-refractivity contribution is 0.0695. The summed E-state index contributed by atoms with van der Waals surface area (Å²) in [5, 5.41) is 8.80. The Morgan fingerprint density at radius 3 is 2.75 bits per heavy atom. The van der Waals surface area contributed by atoms with E-state index in [1.807, 2.05) is 6.92 Å². The number of carboxylic acids is 1. The van der Waals surface area contributed by atoms with Crippen LogP contribution in [-0.2, 0) is 4.74 Å². The first kappa shape index (κ1) is 12.4. The van der Waals surface area contributed by atoms with Gasteiger partial charge in [0, 0.05) is 12.7 Å². The van der Waals surface area contributed by atoms with Crippen molar-refractivity contribution in [1.29, 1.82) is 0 Å². The first-order valence-corrected chi connectivity index (χ1v) is 5.06. The second kappa shape index (κ2) is 6.07. The monoisotopic (exact) mass is 225 g/mol. The smallest absolute Gasteiger partial charge is 0.337 e. The molecule has 1 rings (SSSR count). The van der Waals surface area contributed by atoms with Gasteiger partial charge in [-0.15, -0.1) is 0 Å². The molecule has 0 saturated heterocycles. The number of pyridine rings is 1. The molecule has 1 N–H and O–H groups in total. The molecular formula is C11H15NO4. The average molecular weight is 225 g/mol. The molecule has 5 heteroatoms. The molecule has 88 valence electrons. The van der Waals surface area contributed by atoms with Crippen LogP contribution in [0.1, 0.15) is 23.0 Å². The van der Waals surface area contributed by atoms with Crippen molar-refractivity contribution in [3.63, 3.8) is 0 Å². The maximum absolute atomic E-state index is 10.7. The number of nitrogens with zero attached hydrogens (tertiary/aromatic N) is 1. The van der Waals surface area contributed by atoms with Gasteiger partial charge in [-0.2, -0.15) is 0 Å². The minimum Gasteiger partial charge on any atom is -0.478 e. The van der Waals surface area contributed by atoms with Gasteiger partial charge in [-0.1, -0.05) is 0 Å². The van der Waals surface area contributed by atoms with Gasteiger partial charge in [-0.3, -0.25) is 0 Å². The van der Waals surface area contributed by atoms with Gasteiger partial charge >= 0.3 is 5.97 Å². The number of aromatic carboxylic acids is 1. The maximum Gasteiger partial charge on any atom is 0.337 e. The quantitative estimate of drug-likeness (QED) is 0.743. The lowest BCUT2D eigenvalue weighted by atomic mass is 10.2. The molecule has 0 spiro atoms. The van der Waals surface area contributed by atoms with E-state index in [0.717, 1.165) is 0 Å². The van der Waals surface area contributed by atoms with E-state index in [1.165, 1.54) is 6.07 Å². The van der Waals surface area contributed by atoms with Crippen LogP contribution in [0.15, 0.2) is 12.1 Å². The van der Waals surface area contributed by atoms with E-state index in [4.69, 9.17) is 14.6 Å². The van der Waals surface area contributed by atoms with E-state index < -0.39 is 5.97 Å². The number of ether oxygens (including phenoxy) is 2. The number of carboxylic acid groups (broad SMARTS) is 1. The highest BCUT2D eigenvalue weighted by atomic mass is 16.5. The van der Waals surface area contributed by atoms with Crippen molar-refractivity contribution in [3.8, 4) is 5.88 Å². The van der Waals surface area contributed by atoms with Crippen LogP contribution in [0.5, 0.6) is 5.88 Å². The van der Waals surface area contributed by atoms with E-state index in [2.05, 4.69) is 4.98 Å². The molecule has 0 aliphatic carbocycles. The molecule has 0 fully saturated rings. The van der Waals surface area contributed by atoms with E-state index in [1.54, 1.807) is 13.0 Å². The van der Waals surface area contributed by atoms with Crippen LogP contribution in [0, 0.1) is 6.92 Å². The van der Waals surface area contributed by atoms with Gasteiger partial charge < -0.3 is 14.6 Å². The fraction of sp³-hybridized carbons (Fsp3) is 0.455. The van der Waals surface area contributed by atoms with Crippen molar-refractivity contribution in [1.82, 2.24) is 4.98 Å². The predicted molar refractivity (Wildman–Crippen MR) is 57.9 cm³/mol. The van der Waals surface area contributed by atoms with Crippen LogP contribution in [-0.4, -0.2) is 35.9 Å². The summed E-state index contributed by atoms with van der Waals surface area (Å²) >= 11 is 0. The first-order chi connectivity index (χ1) is 7.65. The molecule has 0 saturated carbocycles. The molecule has 1 heterocycles. The number of hydrogen-bond donors (Lipinski definition) is 1. The molecule has 1 aromatic rings. The third kappa shape index (κ3) is 3.51. The highest BCUT2D eigenvalue weighted by Crippen LogP contribution is 2.12. The van der Waals surface area contributed by atoms with Gasteiger partial charge in [-0.25, -0.2) is 9.78 Å². The summed E-state index contributed by atoms with van der Waals surface area (Å²) in [6.07, 6.45) is 0. The highest BCUT2D eigenvalue weighted by molar-refractivity contribution is 5.88. The Bertz CT molecular complexity index is 365. The molecule has 0 bridgehead atoms. The third-order valence-corrected chi connectivity index (χ3v) is 1.97. The first-order valence-electron chi connectivity index (χ1n) is 5.06. The molecule has 0 atom stereocenters. The largest absolute Gasteiger partial charge is 0.478 e. The van der Waals surface area contributed by atoms with Crippen LogP contribution in [0.2, 0.25) is 0 Å². The van der Waals surface area contributed by atoms with Crippen molar-refractivity contribution in [2.24, 2.45) is 0 Å². The van der Waals surface area contributed by atoms with Crippen LogP contribution < -0.4 is 4.74 Å². The highest BCUT2D eigenvalue weighted by Gasteiger charge is 2.08. The second-order valence-electron chi connectivity index (χ2n) is 3.13. The van der Waals surface area contributed by atoms with Crippen LogP contribution in [0.25, 0.3) is 0 Å². The molecular weight excluding hydrogens is 210 g/mol. The summed E-state index contributed by atoms with van der Waals surface area (Å²) in [5.74, 6) is -0.562. The van der Waals surface area contributed by atoms with Crippen molar-refractivity contribution in [2.45, 2.75) is 13.8 Å². The normalized spacial score (nSPS) is 10.1. The second-order valence-corrected chi connectivity index (χ2v) is 3.13. The summed E-state index contributed by atoms with van der Waals surface area (Å²) in [7, 11) is 0. The van der Waals surface area contributed by atoms with Gasteiger partial charge in [0.2, 0.25) is 5.88 Å². The number of rotatable bonds is 6. The number of carbonyl (C=O) groups is 1. The van der Waals surface area contributed by atoms with E-state index in [9.17, 15) is 4.79 Å². The molecule has 0 aliphatic rings. The van der Waals surface area contributed by atoms with Crippen LogP contribution in [0.3, 0.4) is 0 Å². The maximum atomic E-state index is 10.7. The van der Waals surface area contributed by atoms with Gasteiger partial charge in [0.05, 0.1) is 17.9 Å². The van der Waals surface area contributed by atoms with Crippen molar-refractivity contribution < 1.29 is 19.4 Å². The Morgan fingerprint density at radius 1 is 1.44 bits per heavy atom. The third-order valence-electron chi connectivity index (χ3n) is 1.97. The van der Waals surface area contributed by atoms with Crippen molar-refractivity contribution in [2.75, 3.05) is 19.8 Å². The molecule has 1 aromatic heterocycles. The lowest BCUT2D eigenvalue weighted by Crippen LogP contribution is -2.08. The summed E-state index contributed by atoms with van der Waals surface area (Å²) in [6.45, 7) is 5.10. The Kier molecular flexibility index (Phi) is 4.72. The minimum absolute atomic E-state index is 0.192. The van der Waals surface area contributed by atoms with Gasteiger partial charge in [0.1, 0.15) is 6.61 Å². The standard InChI is InChI=1S/C11H15NO4/c1-3-15-6-7-16-10-5-4-9(11(13)14)8(2)12-10/h4-5H,3,6-7H2,1-2H3,(H,13,14). The molecule has 0 amide bonds. The zero-order valence-corrected chi connectivity index (χ0v) is 9.40. The van der Waals surface area contributed by atoms with Crippen LogP contribution in [0.4, 0.5) is 0 Å². The zero-order valence-electron chi connectivity index (χ0n) is 9.40. The lowest BCUT2D eigenvalue weighted by Gasteiger charge is -2.07. The van der Waals surface area contributed by atoms with Crippen molar-refractivity contribution in [3.05, 3.63) is 23.4 Å². The average Bonchev–Trinajstić information content (AvgIpc) is 2.24. The molecule has 0 aliphatic heterocycles. The number of aryl methyl sites for hydroxylation is 1. The fourth-order valence-electron chi connectivity index (χ4n) is 1.19. The van der Waals surface area contributed by atoms with Crippen LogP contribution >= 0.6 is 0 Å². The fourth-order valence-corrected chi connectivity index (χ4v) is 1.19. The Morgan fingerprint density at radius 2 is 2.19 bits per heavy atom. The zero-order chi connectivity index (χ0) is 12.0. The topological polar surface area (TPSA) is 68.7 Å². The van der Waals surface area contributed by atoms with Gasteiger partial charge in [-0.05, 0) is 19.9 Å². The van der Waals surface area contributed by atoms with E-state index in [-0.39, 0.29) is 5.56 Å².